The van der Waals surface area contributed by atoms with Gasteiger partial charge in [-0.3, -0.25) is 9.67 Å². The maximum atomic E-state index is 14.4. The number of allylic oxidation sites excluding steroid dienone is 1. The molecule has 0 N–H and O–H groups in total. The summed E-state index contributed by atoms with van der Waals surface area (Å²) in [6.45, 7) is 8.02. The van der Waals surface area contributed by atoms with Crippen LogP contribution in [0.2, 0.25) is 5.15 Å². The van der Waals surface area contributed by atoms with E-state index in [2.05, 4.69) is 27.7 Å². The summed E-state index contributed by atoms with van der Waals surface area (Å²) in [5.74, 6) is 0. The van der Waals surface area contributed by atoms with Crippen LogP contribution in [-0.2, 0) is 13.0 Å². The van der Waals surface area contributed by atoms with Crippen molar-refractivity contribution in [1.82, 2.24) is 19.7 Å². The Labute approximate surface area is 170 Å². The molecule has 0 aliphatic heterocycles. The molecule has 0 saturated carbocycles. The van der Waals surface area contributed by atoms with Crippen LogP contribution in [0.4, 0.5) is 4.39 Å². The molecule has 1 atom stereocenters. The summed E-state index contributed by atoms with van der Waals surface area (Å²) in [5.41, 5.74) is 4.34. The second kappa shape index (κ2) is 7.60. The van der Waals surface area contributed by atoms with Crippen LogP contribution in [0.1, 0.15) is 30.2 Å². The van der Waals surface area contributed by atoms with Gasteiger partial charge in [0, 0.05) is 30.7 Å². The second-order valence-corrected chi connectivity index (χ2v) is 8.52. The SMILES string of the molecule is C=C(C)C(F)(I)CCc1ncc(Cn2cc3c(Cl)nccc3n2)cc1C. The molecule has 0 spiro atoms. The Kier molecular flexibility index (Phi) is 5.62. The van der Waals surface area contributed by atoms with Crippen LogP contribution in [0.15, 0.2) is 42.9 Å². The largest absolute Gasteiger partial charge is 0.267 e. The fraction of sp³-hybridized carbons (Fsp3) is 0.316. The van der Waals surface area contributed by atoms with E-state index in [9.17, 15) is 4.39 Å². The summed E-state index contributed by atoms with van der Waals surface area (Å²) in [7, 11) is 0. The van der Waals surface area contributed by atoms with E-state index in [0.29, 0.717) is 30.1 Å². The molecule has 0 bridgehead atoms. The number of aryl methyl sites for hydroxylation is 2. The zero-order valence-corrected chi connectivity index (χ0v) is 17.6. The molecule has 0 aliphatic carbocycles. The Morgan fingerprint density at radius 3 is 2.85 bits per heavy atom. The molecule has 3 aromatic heterocycles. The number of halogens is 3. The van der Waals surface area contributed by atoms with Crippen LogP contribution >= 0.6 is 34.2 Å². The van der Waals surface area contributed by atoms with Gasteiger partial charge in [-0.25, -0.2) is 9.37 Å². The first-order valence-corrected chi connectivity index (χ1v) is 9.68. The maximum absolute atomic E-state index is 14.4. The van der Waals surface area contributed by atoms with Gasteiger partial charge >= 0.3 is 0 Å². The van der Waals surface area contributed by atoms with E-state index in [1.165, 1.54) is 0 Å². The standard InChI is InChI=1S/C19H19ClFIN4/c1-12(2)19(21,22)6-4-16-13(3)8-14(9-24-16)10-26-11-15-17(25-26)5-7-23-18(15)20/h5,7-9,11H,1,4,6,10H2,2-3H3. The second-order valence-electron chi connectivity index (χ2n) is 6.45. The summed E-state index contributed by atoms with van der Waals surface area (Å²) in [5, 5.41) is 5.79. The van der Waals surface area contributed by atoms with Crippen molar-refractivity contribution in [2.24, 2.45) is 0 Å². The van der Waals surface area contributed by atoms with Crippen molar-refractivity contribution in [2.75, 3.05) is 0 Å². The molecule has 3 heterocycles. The molecular formula is C19H19ClFIN4. The van der Waals surface area contributed by atoms with Crippen molar-refractivity contribution < 1.29 is 4.39 Å². The predicted octanol–water partition coefficient (Wildman–Crippen LogP) is 5.45. The Morgan fingerprint density at radius 1 is 1.42 bits per heavy atom. The summed E-state index contributed by atoms with van der Waals surface area (Å²) in [4.78, 5) is 8.60. The molecule has 0 aliphatic rings. The van der Waals surface area contributed by atoms with Gasteiger partial charge in [0.15, 0.2) is 3.68 Å². The van der Waals surface area contributed by atoms with Gasteiger partial charge in [0.2, 0.25) is 0 Å². The lowest BCUT2D eigenvalue weighted by atomic mass is 10.0. The molecule has 26 heavy (non-hydrogen) atoms. The Hall–Kier alpha value is -1.54. The van der Waals surface area contributed by atoms with Crippen molar-refractivity contribution >= 4 is 45.1 Å². The van der Waals surface area contributed by atoms with Crippen LogP contribution in [0, 0.1) is 6.92 Å². The highest BCUT2D eigenvalue weighted by atomic mass is 127. The molecule has 3 rings (SSSR count). The summed E-state index contributed by atoms with van der Waals surface area (Å²) >= 11 is 7.91. The fourth-order valence-electron chi connectivity index (χ4n) is 2.73. The minimum absolute atomic E-state index is 0.367. The Bertz CT molecular complexity index is 967. The van der Waals surface area contributed by atoms with Gasteiger partial charge in [-0.1, -0.05) is 24.2 Å². The lowest BCUT2D eigenvalue weighted by Crippen LogP contribution is -2.16. The molecule has 0 radical (unpaired) electrons. The molecule has 0 amide bonds. The summed E-state index contributed by atoms with van der Waals surface area (Å²) in [6.07, 6.45) is 6.29. The van der Waals surface area contributed by atoms with Crippen molar-refractivity contribution in [3.63, 3.8) is 0 Å². The summed E-state index contributed by atoms with van der Waals surface area (Å²) in [6, 6.07) is 3.90. The van der Waals surface area contributed by atoms with E-state index in [0.717, 1.165) is 27.7 Å². The van der Waals surface area contributed by atoms with Gasteiger partial charge in [-0.15, -0.1) is 0 Å². The number of alkyl halides is 2. The quantitative estimate of drug-likeness (QED) is 0.202. The first kappa shape index (κ1) is 19.2. The highest BCUT2D eigenvalue weighted by molar-refractivity contribution is 14.1. The van der Waals surface area contributed by atoms with Gasteiger partial charge < -0.3 is 0 Å². The van der Waals surface area contributed by atoms with Gasteiger partial charge in [0.25, 0.3) is 0 Å². The third kappa shape index (κ3) is 4.23. The predicted molar refractivity (Wildman–Crippen MR) is 112 cm³/mol. The van der Waals surface area contributed by atoms with Crippen LogP contribution in [-0.4, -0.2) is 23.4 Å². The van der Waals surface area contributed by atoms with E-state index in [1.54, 1.807) is 13.1 Å². The fourth-order valence-corrected chi connectivity index (χ4v) is 3.20. The van der Waals surface area contributed by atoms with Crippen molar-refractivity contribution in [3.8, 4) is 0 Å². The summed E-state index contributed by atoms with van der Waals surface area (Å²) < 4.78 is 14.8. The molecular weight excluding hydrogens is 466 g/mol. The number of hydrogen-bond acceptors (Lipinski definition) is 3. The zero-order valence-electron chi connectivity index (χ0n) is 14.6. The smallest absolute Gasteiger partial charge is 0.182 e. The first-order chi connectivity index (χ1) is 12.3. The minimum Gasteiger partial charge on any atom is -0.267 e. The van der Waals surface area contributed by atoms with Crippen LogP contribution in [0.3, 0.4) is 0 Å². The number of fused-ring (bicyclic) bond motifs is 1. The highest BCUT2D eigenvalue weighted by Gasteiger charge is 2.26. The van der Waals surface area contributed by atoms with Crippen molar-refractivity contribution in [3.05, 3.63) is 64.8 Å². The molecule has 4 nitrogen and oxygen atoms in total. The number of rotatable bonds is 6. The third-order valence-corrected chi connectivity index (χ3v) is 6.08. The van der Waals surface area contributed by atoms with Crippen molar-refractivity contribution in [1.29, 1.82) is 0 Å². The van der Waals surface area contributed by atoms with Crippen LogP contribution in [0.25, 0.3) is 10.9 Å². The average molecular weight is 485 g/mol. The first-order valence-electron chi connectivity index (χ1n) is 8.22. The zero-order chi connectivity index (χ0) is 18.9. The lowest BCUT2D eigenvalue weighted by molar-refractivity contribution is 0.339. The van der Waals surface area contributed by atoms with E-state index in [-0.39, 0.29) is 0 Å². The molecule has 0 fully saturated rings. The Balaban J connectivity index is 1.74. The monoisotopic (exact) mass is 484 g/mol. The molecule has 1 unspecified atom stereocenters. The topological polar surface area (TPSA) is 43.6 Å². The van der Waals surface area contributed by atoms with E-state index >= 15 is 0 Å². The molecule has 136 valence electrons. The van der Waals surface area contributed by atoms with Gasteiger partial charge in [-0.05, 0) is 65.6 Å². The number of hydrogen-bond donors (Lipinski definition) is 0. The maximum Gasteiger partial charge on any atom is 0.182 e. The van der Waals surface area contributed by atoms with Crippen LogP contribution in [0.5, 0.6) is 0 Å². The van der Waals surface area contributed by atoms with Gasteiger partial charge in [0.1, 0.15) is 5.15 Å². The average Bonchev–Trinajstić information content (AvgIpc) is 2.98. The lowest BCUT2D eigenvalue weighted by Gasteiger charge is -2.18. The molecule has 3 aromatic rings. The molecule has 0 aromatic carbocycles. The van der Waals surface area contributed by atoms with E-state index < -0.39 is 3.68 Å². The normalized spacial score (nSPS) is 13.7. The van der Waals surface area contributed by atoms with Gasteiger partial charge in [0.05, 0.1) is 17.4 Å². The molecule has 7 heteroatoms. The number of aromatic nitrogens is 4. The Morgan fingerprint density at radius 2 is 2.19 bits per heavy atom. The van der Waals surface area contributed by atoms with Crippen molar-refractivity contribution in [2.45, 2.75) is 36.9 Å². The third-order valence-electron chi connectivity index (χ3n) is 4.32. The molecule has 0 saturated heterocycles. The minimum atomic E-state index is -1.40. The van der Waals surface area contributed by atoms with Gasteiger partial charge in [-0.2, -0.15) is 5.10 Å². The van der Waals surface area contributed by atoms with Crippen LogP contribution < -0.4 is 0 Å². The van der Waals surface area contributed by atoms with E-state index in [1.807, 2.05) is 52.7 Å². The van der Waals surface area contributed by atoms with E-state index in [4.69, 9.17) is 11.6 Å². The number of pyridine rings is 2. The number of nitrogens with zero attached hydrogens (tertiary/aromatic N) is 4. The highest BCUT2D eigenvalue weighted by Crippen LogP contribution is 2.33.